The number of hydrogen-bond donors (Lipinski definition) is 2. The maximum atomic E-state index is 12.2. The van der Waals surface area contributed by atoms with Crippen molar-refractivity contribution in [3.05, 3.63) is 29.3 Å². The first-order chi connectivity index (χ1) is 11.0. The normalized spacial score (nSPS) is 22.4. The molecule has 0 aliphatic heterocycles. The number of aryl methyl sites for hydroxylation is 1. The summed E-state index contributed by atoms with van der Waals surface area (Å²) in [5.41, 5.74) is 2.28. The van der Waals surface area contributed by atoms with Crippen LogP contribution in [0.4, 0.5) is 0 Å². The van der Waals surface area contributed by atoms with Gasteiger partial charge >= 0.3 is 0 Å². The van der Waals surface area contributed by atoms with Crippen molar-refractivity contribution < 1.29 is 9.53 Å². The summed E-state index contributed by atoms with van der Waals surface area (Å²) < 4.78 is 5.42. The highest BCUT2D eigenvalue weighted by Crippen LogP contribution is 2.26. The molecule has 1 aromatic rings. The molecule has 0 heterocycles. The SMILES string of the molecule is COc1ccc(C)cc1[C@H](C)NCC(=O)N[C@H]1CCCC[C@@H]1C. The summed E-state index contributed by atoms with van der Waals surface area (Å²) in [6, 6.07) is 6.53. The van der Waals surface area contributed by atoms with Crippen LogP contribution in [-0.2, 0) is 4.79 Å². The highest BCUT2D eigenvalue weighted by molar-refractivity contribution is 5.78. The molecule has 1 saturated carbocycles. The third kappa shape index (κ3) is 4.96. The van der Waals surface area contributed by atoms with E-state index in [0.29, 0.717) is 18.5 Å². The van der Waals surface area contributed by atoms with Gasteiger partial charge in [0.2, 0.25) is 5.91 Å². The smallest absolute Gasteiger partial charge is 0.234 e. The summed E-state index contributed by atoms with van der Waals surface area (Å²) >= 11 is 0. The average molecular weight is 318 g/mol. The maximum absolute atomic E-state index is 12.2. The van der Waals surface area contributed by atoms with Crippen molar-refractivity contribution in [1.82, 2.24) is 10.6 Å². The van der Waals surface area contributed by atoms with E-state index in [1.165, 1.54) is 24.8 Å². The Hall–Kier alpha value is -1.55. The van der Waals surface area contributed by atoms with Crippen molar-refractivity contribution in [3.8, 4) is 5.75 Å². The lowest BCUT2D eigenvalue weighted by Crippen LogP contribution is -2.45. The van der Waals surface area contributed by atoms with Crippen molar-refractivity contribution in [2.24, 2.45) is 5.92 Å². The Labute approximate surface area is 140 Å². The largest absolute Gasteiger partial charge is 0.496 e. The average Bonchev–Trinajstić information content (AvgIpc) is 2.54. The highest BCUT2D eigenvalue weighted by Gasteiger charge is 2.23. The van der Waals surface area contributed by atoms with Crippen LogP contribution in [0.1, 0.15) is 56.7 Å². The fourth-order valence-corrected chi connectivity index (χ4v) is 3.34. The highest BCUT2D eigenvalue weighted by atomic mass is 16.5. The fraction of sp³-hybridized carbons (Fsp3) is 0.632. The molecule has 1 fully saturated rings. The van der Waals surface area contributed by atoms with Gasteiger partial charge in [0.15, 0.2) is 0 Å². The minimum absolute atomic E-state index is 0.0689. The number of benzene rings is 1. The third-order valence-electron chi connectivity index (χ3n) is 4.88. The van der Waals surface area contributed by atoms with Crippen LogP contribution in [0.25, 0.3) is 0 Å². The Morgan fingerprint density at radius 3 is 2.78 bits per heavy atom. The van der Waals surface area contributed by atoms with Gasteiger partial charge < -0.3 is 15.4 Å². The van der Waals surface area contributed by atoms with Crippen molar-refractivity contribution in [3.63, 3.8) is 0 Å². The molecule has 23 heavy (non-hydrogen) atoms. The minimum Gasteiger partial charge on any atom is -0.496 e. The number of amides is 1. The molecular weight excluding hydrogens is 288 g/mol. The van der Waals surface area contributed by atoms with Gasteiger partial charge in [-0.2, -0.15) is 0 Å². The molecule has 0 saturated heterocycles. The molecule has 0 aromatic heterocycles. The van der Waals surface area contributed by atoms with E-state index < -0.39 is 0 Å². The lowest BCUT2D eigenvalue weighted by molar-refractivity contribution is -0.121. The van der Waals surface area contributed by atoms with Gasteiger partial charge in [0.1, 0.15) is 5.75 Å². The van der Waals surface area contributed by atoms with Crippen LogP contribution >= 0.6 is 0 Å². The van der Waals surface area contributed by atoms with Crippen LogP contribution in [0.15, 0.2) is 18.2 Å². The molecule has 0 bridgehead atoms. The molecule has 1 aliphatic rings. The lowest BCUT2D eigenvalue weighted by atomic mass is 9.86. The van der Waals surface area contributed by atoms with Gasteiger partial charge in [-0.1, -0.05) is 37.5 Å². The number of ether oxygens (including phenoxy) is 1. The standard InChI is InChI=1S/C19H30N2O2/c1-13-9-10-18(23-4)16(11-13)15(3)20-12-19(22)21-17-8-6-5-7-14(17)2/h9-11,14-15,17,20H,5-8,12H2,1-4H3,(H,21,22)/t14-,15-,17-/m0/s1. The molecule has 0 radical (unpaired) electrons. The van der Waals surface area contributed by atoms with Gasteiger partial charge in [-0.15, -0.1) is 0 Å². The van der Waals surface area contributed by atoms with Crippen LogP contribution in [0.5, 0.6) is 5.75 Å². The monoisotopic (exact) mass is 318 g/mol. The molecule has 1 amide bonds. The summed E-state index contributed by atoms with van der Waals surface area (Å²) in [5.74, 6) is 1.53. The van der Waals surface area contributed by atoms with Crippen LogP contribution in [0.2, 0.25) is 0 Å². The van der Waals surface area contributed by atoms with E-state index in [1.54, 1.807) is 7.11 Å². The first-order valence-electron chi connectivity index (χ1n) is 8.68. The van der Waals surface area contributed by atoms with Crippen LogP contribution < -0.4 is 15.4 Å². The topological polar surface area (TPSA) is 50.4 Å². The molecule has 2 rings (SSSR count). The zero-order chi connectivity index (χ0) is 16.8. The minimum atomic E-state index is 0.0689. The Kier molecular flexibility index (Phi) is 6.46. The van der Waals surface area contributed by atoms with Crippen LogP contribution in [0, 0.1) is 12.8 Å². The summed E-state index contributed by atoms with van der Waals surface area (Å²) in [7, 11) is 1.68. The van der Waals surface area contributed by atoms with E-state index in [9.17, 15) is 4.79 Å². The molecule has 3 atom stereocenters. The molecule has 2 N–H and O–H groups in total. The van der Waals surface area contributed by atoms with Gasteiger partial charge in [-0.25, -0.2) is 0 Å². The van der Waals surface area contributed by atoms with E-state index in [0.717, 1.165) is 17.7 Å². The summed E-state index contributed by atoms with van der Waals surface area (Å²) in [5, 5.41) is 6.50. The predicted molar refractivity (Wildman–Crippen MR) is 93.7 cm³/mol. The van der Waals surface area contributed by atoms with Gasteiger partial charge in [0, 0.05) is 17.6 Å². The Balaban J connectivity index is 1.87. The molecule has 1 aromatic carbocycles. The molecule has 4 nitrogen and oxygen atoms in total. The number of rotatable bonds is 6. The first-order valence-corrected chi connectivity index (χ1v) is 8.68. The van der Waals surface area contributed by atoms with Gasteiger partial charge in [-0.3, -0.25) is 4.79 Å². The summed E-state index contributed by atoms with van der Waals surface area (Å²) in [6.45, 7) is 6.69. The lowest BCUT2D eigenvalue weighted by Gasteiger charge is -2.29. The second kappa shape index (κ2) is 8.34. The van der Waals surface area contributed by atoms with Crippen molar-refractivity contribution in [1.29, 1.82) is 0 Å². The Morgan fingerprint density at radius 1 is 1.35 bits per heavy atom. The molecule has 0 spiro atoms. The summed E-state index contributed by atoms with van der Waals surface area (Å²) in [6.07, 6.45) is 4.83. The molecule has 128 valence electrons. The third-order valence-corrected chi connectivity index (χ3v) is 4.88. The maximum Gasteiger partial charge on any atom is 0.234 e. The zero-order valence-corrected chi connectivity index (χ0v) is 14.8. The Morgan fingerprint density at radius 2 is 2.09 bits per heavy atom. The number of hydrogen-bond acceptors (Lipinski definition) is 3. The zero-order valence-electron chi connectivity index (χ0n) is 14.8. The van der Waals surface area contributed by atoms with Crippen LogP contribution in [-0.4, -0.2) is 25.6 Å². The van der Waals surface area contributed by atoms with E-state index in [-0.39, 0.29) is 11.9 Å². The number of carbonyl (C=O) groups excluding carboxylic acids is 1. The van der Waals surface area contributed by atoms with Crippen molar-refractivity contribution >= 4 is 5.91 Å². The number of methoxy groups -OCH3 is 1. The molecule has 4 heteroatoms. The Bertz CT molecular complexity index is 530. The second-order valence-corrected chi connectivity index (χ2v) is 6.78. The van der Waals surface area contributed by atoms with Gasteiger partial charge in [-0.05, 0) is 38.7 Å². The van der Waals surface area contributed by atoms with E-state index in [2.05, 4.69) is 37.5 Å². The van der Waals surface area contributed by atoms with Gasteiger partial charge in [0.25, 0.3) is 0 Å². The number of nitrogens with one attached hydrogen (secondary N) is 2. The molecule has 0 unspecified atom stereocenters. The van der Waals surface area contributed by atoms with Crippen LogP contribution in [0.3, 0.4) is 0 Å². The van der Waals surface area contributed by atoms with Gasteiger partial charge in [0.05, 0.1) is 13.7 Å². The van der Waals surface area contributed by atoms with Crippen molar-refractivity contribution in [2.75, 3.05) is 13.7 Å². The summed E-state index contributed by atoms with van der Waals surface area (Å²) in [4.78, 5) is 12.2. The quantitative estimate of drug-likeness (QED) is 0.846. The molecule has 1 aliphatic carbocycles. The molecular formula is C19H30N2O2. The van der Waals surface area contributed by atoms with E-state index in [1.807, 2.05) is 12.1 Å². The fourth-order valence-electron chi connectivity index (χ4n) is 3.34. The second-order valence-electron chi connectivity index (χ2n) is 6.78. The van der Waals surface area contributed by atoms with E-state index in [4.69, 9.17) is 4.74 Å². The first kappa shape index (κ1) is 17.8. The van der Waals surface area contributed by atoms with Crippen molar-refractivity contribution in [2.45, 2.75) is 58.5 Å². The van der Waals surface area contributed by atoms with E-state index >= 15 is 0 Å². The predicted octanol–water partition coefficient (Wildman–Crippen LogP) is 3.35. The number of carbonyl (C=O) groups is 1.